The van der Waals surface area contributed by atoms with Crippen LogP contribution in [0.4, 0.5) is 10.6 Å². The number of anilines is 1. The molecule has 1 aromatic heterocycles. The molecule has 3 saturated heterocycles. The monoisotopic (exact) mass is 332 g/mol. The molecule has 24 heavy (non-hydrogen) atoms. The number of carbonyl (C=O) groups excluding carboxylic acids is 1. The van der Waals surface area contributed by atoms with Crippen LogP contribution < -0.4 is 4.90 Å². The van der Waals surface area contributed by atoms with E-state index in [4.69, 9.17) is 9.47 Å². The smallest absolute Gasteiger partial charge is 0.320 e. The molecular weight excluding hydrogens is 308 g/mol. The Labute approximate surface area is 142 Å². The second kappa shape index (κ2) is 6.57. The van der Waals surface area contributed by atoms with Crippen molar-refractivity contribution in [3.8, 4) is 0 Å². The van der Waals surface area contributed by atoms with Crippen LogP contribution in [-0.4, -0.2) is 79.1 Å². The summed E-state index contributed by atoms with van der Waals surface area (Å²) in [7, 11) is 0. The van der Waals surface area contributed by atoms with Crippen LogP contribution in [0.15, 0.2) is 24.4 Å². The first-order chi connectivity index (χ1) is 11.8. The van der Waals surface area contributed by atoms with E-state index in [1.54, 1.807) is 0 Å². The van der Waals surface area contributed by atoms with E-state index in [1.807, 2.05) is 34.2 Å². The maximum absolute atomic E-state index is 12.7. The van der Waals surface area contributed by atoms with E-state index in [0.717, 1.165) is 44.8 Å². The van der Waals surface area contributed by atoms with Crippen LogP contribution in [0.25, 0.3) is 0 Å². The molecule has 0 radical (unpaired) electrons. The Balaban J connectivity index is 1.29. The predicted molar refractivity (Wildman–Crippen MR) is 88.9 cm³/mol. The zero-order valence-electron chi connectivity index (χ0n) is 13.9. The fourth-order valence-corrected chi connectivity index (χ4v) is 3.69. The van der Waals surface area contributed by atoms with Crippen LogP contribution in [0.2, 0.25) is 0 Å². The molecule has 4 rings (SSSR count). The SMILES string of the molecule is O=C(N1CCN(c2ccccn2)CC1)N1CCC2(CC1)OCCO2. The van der Waals surface area contributed by atoms with E-state index in [0.29, 0.717) is 26.3 Å². The van der Waals surface area contributed by atoms with Gasteiger partial charge in [-0.3, -0.25) is 0 Å². The summed E-state index contributed by atoms with van der Waals surface area (Å²) in [5, 5.41) is 0. The van der Waals surface area contributed by atoms with Gasteiger partial charge in [0.2, 0.25) is 0 Å². The molecule has 4 heterocycles. The molecule has 0 bridgehead atoms. The van der Waals surface area contributed by atoms with Crippen molar-refractivity contribution in [2.45, 2.75) is 18.6 Å². The van der Waals surface area contributed by atoms with Crippen LogP contribution in [0.3, 0.4) is 0 Å². The van der Waals surface area contributed by atoms with Crippen LogP contribution in [0, 0.1) is 0 Å². The number of carbonyl (C=O) groups is 1. The van der Waals surface area contributed by atoms with Gasteiger partial charge in [0.15, 0.2) is 5.79 Å². The molecule has 2 amide bonds. The Morgan fingerprint density at radius 2 is 1.62 bits per heavy atom. The van der Waals surface area contributed by atoms with E-state index in [2.05, 4.69) is 9.88 Å². The van der Waals surface area contributed by atoms with Gasteiger partial charge in [0.1, 0.15) is 5.82 Å². The number of urea groups is 1. The normalized spacial score (nSPS) is 23.8. The van der Waals surface area contributed by atoms with Gasteiger partial charge in [-0.15, -0.1) is 0 Å². The second-order valence-electron chi connectivity index (χ2n) is 6.54. The van der Waals surface area contributed by atoms with E-state index >= 15 is 0 Å². The van der Waals surface area contributed by atoms with Crippen molar-refractivity contribution >= 4 is 11.8 Å². The highest BCUT2D eigenvalue weighted by atomic mass is 16.7. The molecule has 0 aromatic carbocycles. The Kier molecular flexibility index (Phi) is 4.28. The van der Waals surface area contributed by atoms with E-state index < -0.39 is 5.79 Å². The zero-order chi connectivity index (χ0) is 16.4. The van der Waals surface area contributed by atoms with Crippen molar-refractivity contribution in [1.82, 2.24) is 14.8 Å². The Bertz CT molecular complexity index is 558. The highest BCUT2D eigenvalue weighted by molar-refractivity contribution is 5.75. The van der Waals surface area contributed by atoms with Crippen molar-refractivity contribution in [1.29, 1.82) is 0 Å². The number of piperidine rings is 1. The lowest BCUT2D eigenvalue weighted by molar-refractivity contribution is -0.181. The molecule has 3 aliphatic heterocycles. The maximum atomic E-state index is 12.7. The molecule has 3 fully saturated rings. The molecule has 130 valence electrons. The third-order valence-corrected chi connectivity index (χ3v) is 5.13. The molecule has 0 saturated carbocycles. The van der Waals surface area contributed by atoms with Crippen molar-refractivity contribution in [3.63, 3.8) is 0 Å². The van der Waals surface area contributed by atoms with Crippen LogP contribution in [0.5, 0.6) is 0 Å². The second-order valence-corrected chi connectivity index (χ2v) is 6.54. The summed E-state index contributed by atoms with van der Waals surface area (Å²) in [4.78, 5) is 23.2. The third kappa shape index (κ3) is 3.06. The fraction of sp³-hybridized carbons (Fsp3) is 0.647. The summed E-state index contributed by atoms with van der Waals surface area (Å²) >= 11 is 0. The lowest BCUT2D eigenvalue weighted by atomic mass is 10.0. The number of rotatable bonds is 1. The number of amides is 2. The number of hydrogen-bond acceptors (Lipinski definition) is 5. The highest BCUT2D eigenvalue weighted by Crippen LogP contribution is 2.31. The minimum absolute atomic E-state index is 0.142. The number of piperazine rings is 1. The number of aromatic nitrogens is 1. The fourth-order valence-electron chi connectivity index (χ4n) is 3.69. The number of pyridine rings is 1. The van der Waals surface area contributed by atoms with E-state index in [-0.39, 0.29) is 6.03 Å². The van der Waals surface area contributed by atoms with Crippen molar-refractivity contribution in [3.05, 3.63) is 24.4 Å². The first-order valence-corrected chi connectivity index (χ1v) is 8.74. The molecule has 0 N–H and O–H groups in total. The molecule has 0 unspecified atom stereocenters. The minimum Gasteiger partial charge on any atom is -0.353 e. The summed E-state index contributed by atoms with van der Waals surface area (Å²) in [6.07, 6.45) is 3.35. The maximum Gasteiger partial charge on any atom is 0.320 e. The Morgan fingerprint density at radius 3 is 2.25 bits per heavy atom. The van der Waals surface area contributed by atoms with Crippen molar-refractivity contribution in [2.75, 3.05) is 57.4 Å². The average molecular weight is 332 g/mol. The first-order valence-electron chi connectivity index (χ1n) is 8.74. The van der Waals surface area contributed by atoms with Gasteiger partial charge >= 0.3 is 6.03 Å². The highest BCUT2D eigenvalue weighted by Gasteiger charge is 2.41. The van der Waals surface area contributed by atoms with Gasteiger partial charge in [0.25, 0.3) is 0 Å². The van der Waals surface area contributed by atoms with Crippen LogP contribution in [0.1, 0.15) is 12.8 Å². The first kappa shape index (κ1) is 15.7. The summed E-state index contributed by atoms with van der Waals surface area (Å²) < 4.78 is 11.5. The molecule has 0 aliphatic carbocycles. The quantitative estimate of drug-likeness (QED) is 0.772. The van der Waals surface area contributed by atoms with Crippen LogP contribution in [-0.2, 0) is 9.47 Å². The average Bonchev–Trinajstić information content (AvgIpc) is 3.11. The summed E-state index contributed by atoms with van der Waals surface area (Å²) in [5.74, 6) is 0.564. The minimum atomic E-state index is -0.422. The predicted octanol–water partition coefficient (Wildman–Crippen LogP) is 1.16. The van der Waals surface area contributed by atoms with Gasteiger partial charge in [0, 0.05) is 58.3 Å². The molecule has 7 nitrogen and oxygen atoms in total. The molecule has 1 aromatic rings. The molecule has 1 spiro atoms. The molecule has 3 aliphatic rings. The Morgan fingerprint density at radius 1 is 0.958 bits per heavy atom. The standard InChI is InChI=1S/C17H24N4O3/c22-16(20-7-4-17(5-8-20)23-13-14-24-17)21-11-9-19(10-12-21)15-3-1-2-6-18-15/h1-3,6H,4-5,7-14H2. The van der Waals surface area contributed by atoms with Gasteiger partial charge in [-0.25, -0.2) is 9.78 Å². The van der Waals surface area contributed by atoms with Gasteiger partial charge in [0.05, 0.1) is 13.2 Å². The van der Waals surface area contributed by atoms with Crippen LogP contribution >= 0.6 is 0 Å². The van der Waals surface area contributed by atoms with E-state index in [1.165, 1.54) is 0 Å². The lowest BCUT2D eigenvalue weighted by Gasteiger charge is -2.42. The largest absolute Gasteiger partial charge is 0.353 e. The van der Waals surface area contributed by atoms with Crippen molar-refractivity contribution in [2.24, 2.45) is 0 Å². The zero-order valence-corrected chi connectivity index (χ0v) is 13.9. The molecular formula is C17H24N4O3. The van der Waals surface area contributed by atoms with Crippen molar-refractivity contribution < 1.29 is 14.3 Å². The van der Waals surface area contributed by atoms with E-state index in [9.17, 15) is 4.79 Å². The van der Waals surface area contributed by atoms with Gasteiger partial charge < -0.3 is 24.2 Å². The third-order valence-electron chi connectivity index (χ3n) is 5.13. The van der Waals surface area contributed by atoms with Gasteiger partial charge in [-0.05, 0) is 12.1 Å². The lowest BCUT2D eigenvalue weighted by Crippen LogP contribution is -2.56. The number of hydrogen-bond donors (Lipinski definition) is 0. The van der Waals surface area contributed by atoms with Gasteiger partial charge in [-0.1, -0.05) is 6.07 Å². The Hall–Kier alpha value is -1.86. The molecule has 7 heteroatoms. The number of nitrogens with zero attached hydrogens (tertiary/aromatic N) is 4. The topological polar surface area (TPSA) is 58.1 Å². The summed E-state index contributed by atoms with van der Waals surface area (Å²) in [5.41, 5.74) is 0. The number of likely N-dealkylation sites (tertiary alicyclic amines) is 1. The summed E-state index contributed by atoms with van der Waals surface area (Å²) in [6, 6.07) is 6.08. The van der Waals surface area contributed by atoms with Gasteiger partial charge in [-0.2, -0.15) is 0 Å². The number of ether oxygens (including phenoxy) is 2. The molecule has 0 atom stereocenters. The summed E-state index contributed by atoms with van der Waals surface area (Å²) in [6.45, 7) is 5.89.